The highest BCUT2D eigenvalue weighted by Gasteiger charge is 2.44. The first-order valence-electron chi connectivity index (χ1n) is 11.3. The van der Waals surface area contributed by atoms with Crippen LogP contribution < -0.4 is 10.6 Å². The van der Waals surface area contributed by atoms with Crippen LogP contribution in [0.3, 0.4) is 0 Å². The van der Waals surface area contributed by atoms with Gasteiger partial charge in [-0.05, 0) is 79.4 Å². The molecule has 4 atom stereocenters. The highest BCUT2D eigenvalue weighted by atomic mass is 35.5. The first kappa shape index (κ1) is 22.8. The molecule has 1 saturated heterocycles. The molecule has 5 heteroatoms. The lowest BCUT2D eigenvalue weighted by atomic mass is 9.63. The lowest BCUT2D eigenvalue weighted by Gasteiger charge is -2.45. The zero-order valence-electron chi connectivity index (χ0n) is 18.8. The molecule has 4 rings (SSSR count). The molecule has 1 heterocycles. The van der Waals surface area contributed by atoms with E-state index in [9.17, 15) is 9.18 Å². The van der Waals surface area contributed by atoms with E-state index in [0.29, 0.717) is 5.02 Å². The summed E-state index contributed by atoms with van der Waals surface area (Å²) in [6, 6.07) is 18.7. The van der Waals surface area contributed by atoms with Crippen molar-refractivity contribution in [3.63, 3.8) is 0 Å². The van der Waals surface area contributed by atoms with Crippen molar-refractivity contribution in [1.82, 2.24) is 10.6 Å². The van der Waals surface area contributed by atoms with Crippen molar-refractivity contribution in [2.75, 3.05) is 6.54 Å². The maximum Gasteiger partial charge on any atom is 0.224 e. The molecule has 3 nitrogen and oxygen atoms in total. The fraction of sp³-hybridized carbons (Fsp3) is 0.370. The third-order valence-corrected chi connectivity index (χ3v) is 7.28. The first-order valence-corrected chi connectivity index (χ1v) is 11.7. The Hall–Kier alpha value is -2.43. The second-order valence-corrected chi connectivity index (χ2v) is 9.58. The zero-order valence-corrected chi connectivity index (χ0v) is 19.5. The van der Waals surface area contributed by atoms with Gasteiger partial charge in [0.1, 0.15) is 5.82 Å². The molecule has 3 aromatic carbocycles. The summed E-state index contributed by atoms with van der Waals surface area (Å²) < 4.78 is 13.6. The molecule has 4 unspecified atom stereocenters. The standard InChI is InChI=1S/C27H30ClFN2O/c1-17-16-27(12-13-30-17,21-8-10-23(29)11-9-21)18(2)26(32)31-19(3)25-15-22(28)14-20-6-4-5-7-24(20)25/h4-11,14-15,17-19,30H,12-13,16H2,1-3H3,(H,31,32). The SMILES string of the molecule is CC1CC(c2ccc(F)cc2)(C(C)C(=O)NC(C)c2cc(Cl)cc3ccccc23)CCN1. The minimum atomic E-state index is -0.349. The van der Waals surface area contributed by atoms with Crippen LogP contribution in [-0.4, -0.2) is 18.5 Å². The van der Waals surface area contributed by atoms with Gasteiger partial charge in [-0.3, -0.25) is 4.79 Å². The van der Waals surface area contributed by atoms with Gasteiger partial charge in [0.05, 0.1) is 6.04 Å². The maximum atomic E-state index is 13.6. The molecule has 3 aromatic rings. The fourth-order valence-electron chi connectivity index (χ4n) is 5.28. The fourth-order valence-corrected chi connectivity index (χ4v) is 5.51. The number of carbonyl (C=O) groups excluding carboxylic acids is 1. The predicted molar refractivity (Wildman–Crippen MR) is 129 cm³/mol. The van der Waals surface area contributed by atoms with E-state index < -0.39 is 0 Å². The Labute approximate surface area is 194 Å². The van der Waals surface area contributed by atoms with Gasteiger partial charge < -0.3 is 10.6 Å². The van der Waals surface area contributed by atoms with Gasteiger partial charge in [-0.1, -0.05) is 54.9 Å². The average molecular weight is 453 g/mol. The lowest BCUT2D eigenvalue weighted by Crippen LogP contribution is -2.52. The van der Waals surface area contributed by atoms with Gasteiger partial charge in [-0.2, -0.15) is 0 Å². The van der Waals surface area contributed by atoms with Crippen LogP contribution in [-0.2, 0) is 10.2 Å². The molecule has 1 amide bonds. The summed E-state index contributed by atoms with van der Waals surface area (Å²) in [4.78, 5) is 13.6. The lowest BCUT2D eigenvalue weighted by molar-refractivity contribution is -0.128. The number of fused-ring (bicyclic) bond motifs is 1. The van der Waals surface area contributed by atoms with Crippen molar-refractivity contribution in [1.29, 1.82) is 0 Å². The number of carbonyl (C=O) groups is 1. The quantitative estimate of drug-likeness (QED) is 0.487. The maximum absolute atomic E-state index is 13.6. The van der Waals surface area contributed by atoms with E-state index in [-0.39, 0.29) is 35.1 Å². The Bertz CT molecular complexity index is 1120. The van der Waals surface area contributed by atoms with Gasteiger partial charge in [0, 0.05) is 22.4 Å². The summed E-state index contributed by atoms with van der Waals surface area (Å²) in [5.41, 5.74) is 1.68. The summed E-state index contributed by atoms with van der Waals surface area (Å²) in [5.74, 6) is -0.533. The Morgan fingerprint density at radius 2 is 1.88 bits per heavy atom. The number of hydrogen-bond acceptors (Lipinski definition) is 2. The van der Waals surface area contributed by atoms with Crippen molar-refractivity contribution in [3.05, 3.63) is 82.6 Å². The van der Waals surface area contributed by atoms with Crippen molar-refractivity contribution < 1.29 is 9.18 Å². The van der Waals surface area contributed by atoms with E-state index in [1.165, 1.54) is 12.1 Å². The molecular formula is C27H30ClFN2O. The van der Waals surface area contributed by atoms with Crippen LogP contribution in [0.25, 0.3) is 10.8 Å². The third kappa shape index (κ3) is 4.39. The molecule has 0 radical (unpaired) electrons. The van der Waals surface area contributed by atoms with Crippen molar-refractivity contribution in [2.24, 2.45) is 5.92 Å². The van der Waals surface area contributed by atoms with Crippen LogP contribution in [0, 0.1) is 11.7 Å². The van der Waals surface area contributed by atoms with Crippen LogP contribution in [0.5, 0.6) is 0 Å². The van der Waals surface area contributed by atoms with Gasteiger partial charge in [0.2, 0.25) is 5.91 Å². The molecule has 0 aromatic heterocycles. The molecule has 1 aliphatic heterocycles. The predicted octanol–water partition coefficient (Wildman–Crippen LogP) is 6.16. The van der Waals surface area contributed by atoms with Crippen molar-refractivity contribution in [2.45, 2.75) is 51.1 Å². The Morgan fingerprint density at radius 1 is 1.16 bits per heavy atom. The zero-order chi connectivity index (χ0) is 22.9. The van der Waals surface area contributed by atoms with Gasteiger partial charge in [0.25, 0.3) is 0 Å². The molecule has 1 fully saturated rings. The highest BCUT2D eigenvalue weighted by Crippen LogP contribution is 2.42. The molecule has 0 saturated carbocycles. The largest absolute Gasteiger partial charge is 0.349 e. The number of nitrogens with one attached hydrogen (secondary N) is 2. The highest BCUT2D eigenvalue weighted by molar-refractivity contribution is 6.31. The molecule has 0 aliphatic carbocycles. The summed E-state index contributed by atoms with van der Waals surface area (Å²) in [7, 11) is 0. The van der Waals surface area contributed by atoms with Gasteiger partial charge >= 0.3 is 0 Å². The number of benzene rings is 3. The molecule has 0 spiro atoms. The Balaban J connectivity index is 1.63. The summed E-state index contributed by atoms with van der Waals surface area (Å²) in [6.07, 6.45) is 1.65. The molecular weight excluding hydrogens is 423 g/mol. The van der Waals surface area contributed by atoms with Gasteiger partial charge in [-0.25, -0.2) is 4.39 Å². The van der Waals surface area contributed by atoms with Crippen LogP contribution >= 0.6 is 11.6 Å². The molecule has 1 aliphatic rings. The third-order valence-electron chi connectivity index (χ3n) is 7.06. The van der Waals surface area contributed by atoms with Crippen LogP contribution in [0.2, 0.25) is 5.02 Å². The van der Waals surface area contributed by atoms with E-state index in [2.05, 4.69) is 23.6 Å². The van der Waals surface area contributed by atoms with E-state index in [4.69, 9.17) is 11.6 Å². The van der Waals surface area contributed by atoms with E-state index in [0.717, 1.165) is 41.3 Å². The molecule has 0 bridgehead atoms. The number of amides is 1. The number of piperidine rings is 1. The van der Waals surface area contributed by atoms with Crippen LogP contribution in [0.4, 0.5) is 4.39 Å². The molecule has 168 valence electrons. The minimum Gasteiger partial charge on any atom is -0.349 e. The molecule has 2 N–H and O–H groups in total. The van der Waals surface area contributed by atoms with Gasteiger partial charge in [-0.15, -0.1) is 0 Å². The van der Waals surface area contributed by atoms with Gasteiger partial charge in [0.15, 0.2) is 0 Å². The van der Waals surface area contributed by atoms with E-state index >= 15 is 0 Å². The first-order chi connectivity index (χ1) is 15.3. The second kappa shape index (κ2) is 9.21. The van der Waals surface area contributed by atoms with E-state index in [1.807, 2.05) is 56.3 Å². The summed E-state index contributed by atoms with van der Waals surface area (Å²) >= 11 is 6.37. The Morgan fingerprint density at radius 3 is 2.59 bits per heavy atom. The molecule has 32 heavy (non-hydrogen) atoms. The summed E-state index contributed by atoms with van der Waals surface area (Å²) in [5, 5.41) is 9.52. The normalized spacial score (nSPS) is 23.0. The smallest absolute Gasteiger partial charge is 0.224 e. The minimum absolute atomic E-state index is 0.0000170. The average Bonchev–Trinajstić information content (AvgIpc) is 2.78. The van der Waals surface area contributed by atoms with Crippen molar-refractivity contribution in [3.8, 4) is 0 Å². The number of halogens is 2. The topological polar surface area (TPSA) is 41.1 Å². The van der Waals surface area contributed by atoms with Crippen molar-refractivity contribution >= 4 is 28.3 Å². The monoisotopic (exact) mass is 452 g/mol. The van der Waals surface area contributed by atoms with Crippen LogP contribution in [0.15, 0.2) is 60.7 Å². The van der Waals surface area contributed by atoms with E-state index in [1.54, 1.807) is 0 Å². The number of rotatable bonds is 5. The van der Waals surface area contributed by atoms with Crippen LogP contribution in [0.1, 0.15) is 50.8 Å². The summed E-state index contributed by atoms with van der Waals surface area (Å²) in [6.45, 7) is 6.96. The number of hydrogen-bond donors (Lipinski definition) is 2. The Kier molecular flexibility index (Phi) is 6.55. The second-order valence-electron chi connectivity index (χ2n) is 9.14.